The summed E-state index contributed by atoms with van der Waals surface area (Å²) < 4.78 is 13.8. The lowest BCUT2D eigenvalue weighted by atomic mass is 10.1. The fraction of sp³-hybridized carbons (Fsp3) is 0.500. The highest BCUT2D eigenvalue weighted by Crippen LogP contribution is 2.14. The molecule has 0 aliphatic carbocycles. The molecule has 0 N–H and O–H groups in total. The van der Waals surface area contributed by atoms with Gasteiger partial charge in [0.25, 0.3) is 5.91 Å². The van der Waals surface area contributed by atoms with Crippen molar-refractivity contribution < 1.29 is 9.18 Å². The number of aryl methyl sites for hydroxylation is 1. The number of amides is 1. The Morgan fingerprint density at radius 1 is 1.35 bits per heavy atom. The monoisotopic (exact) mass is 237 g/mol. The molecule has 2 nitrogen and oxygen atoms in total. The number of hydrogen-bond acceptors (Lipinski definition) is 1. The number of nitrogens with zero attached hydrogens (tertiary/aromatic N) is 1. The molecule has 3 heteroatoms. The molecule has 0 radical (unpaired) electrons. The van der Waals surface area contributed by atoms with Crippen LogP contribution in [0.3, 0.4) is 0 Å². The van der Waals surface area contributed by atoms with Gasteiger partial charge in [0.15, 0.2) is 0 Å². The fourth-order valence-electron chi connectivity index (χ4n) is 1.72. The second-order valence-corrected chi connectivity index (χ2v) is 4.37. The third kappa shape index (κ3) is 3.55. The summed E-state index contributed by atoms with van der Waals surface area (Å²) in [5.41, 5.74) is 0.682. The lowest BCUT2D eigenvalue weighted by molar-refractivity contribution is 0.0788. The molecule has 0 aliphatic heterocycles. The van der Waals surface area contributed by atoms with Crippen molar-refractivity contribution in [2.75, 3.05) is 13.6 Å². The van der Waals surface area contributed by atoms with Crippen LogP contribution in [-0.4, -0.2) is 24.4 Å². The summed E-state index contributed by atoms with van der Waals surface area (Å²) in [6.07, 6.45) is 3.17. The number of unbranched alkanes of at least 4 members (excludes halogenated alkanes) is 2. The molecule has 0 fully saturated rings. The third-order valence-corrected chi connectivity index (χ3v) is 2.87. The van der Waals surface area contributed by atoms with Crippen LogP contribution in [0, 0.1) is 12.7 Å². The van der Waals surface area contributed by atoms with Crippen molar-refractivity contribution in [1.29, 1.82) is 0 Å². The summed E-state index contributed by atoms with van der Waals surface area (Å²) in [7, 11) is 1.72. The molecule has 0 bridgehead atoms. The zero-order valence-electron chi connectivity index (χ0n) is 10.8. The van der Waals surface area contributed by atoms with Gasteiger partial charge in [0, 0.05) is 13.6 Å². The maximum atomic E-state index is 13.8. The van der Waals surface area contributed by atoms with Crippen LogP contribution >= 0.6 is 0 Å². The van der Waals surface area contributed by atoms with Crippen molar-refractivity contribution in [2.45, 2.75) is 33.1 Å². The molecular weight excluding hydrogens is 217 g/mol. The van der Waals surface area contributed by atoms with E-state index in [2.05, 4.69) is 6.92 Å². The summed E-state index contributed by atoms with van der Waals surface area (Å²) in [6.45, 7) is 4.46. The first-order valence-corrected chi connectivity index (χ1v) is 6.08. The van der Waals surface area contributed by atoms with E-state index in [1.807, 2.05) is 0 Å². The van der Waals surface area contributed by atoms with E-state index in [0.717, 1.165) is 19.3 Å². The molecule has 0 atom stereocenters. The number of rotatable bonds is 5. The number of hydrogen-bond donors (Lipinski definition) is 0. The predicted octanol–water partition coefficient (Wildman–Crippen LogP) is 3.40. The summed E-state index contributed by atoms with van der Waals surface area (Å²) in [4.78, 5) is 13.6. The van der Waals surface area contributed by atoms with Gasteiger partial charge in [0.2, 0.25) is 0 Å². The van der Waals surface area contributed by atoms with Crippen molar-refractivity contribution in [3.8, 4) is 0 Å². The largest absolute Gasteiger partial charge is 0.342 e. The van der Waals surface area contributed by atoms with Crippen LogP contribution in [0.25, 0.3) is 0 Å². The van der Waals surface area contributed by atoms with Crippen LogP contribution in [0.2, 0.25) is 0 Å². The van der Waals surface area contributed by atoms with Crippen LogP contribution in [0.4, 0.5) is 4.39 Å². The Kier molecular flexibility index (Phi) is 5.13. The van der Waals surface area contributed by atoms with E-state index in [9.17, 15) is 9.18 Å². The molecule has 0 aromatic heterocycles. The van der Waals surface area contributed by atoms with Gasteiger partial charge < -0.3 is 4.90 Å². The number of carbonyl (C=O) groups excluding carboxylic acids is 1. The molecule has 0 saturated carbocycles. The van der Waals surface area contributed by atoms with Gasteiger partial charge in [-0.25, -0.2) is 4.39 Å². The number of carbonyl (C=O) groups is 1. The van der Waals surface area contributed by atoms with E-state index in [-0.39, 0.29) is 11.5 Å². The van der Waals surface area contributed by atoms with E-state index >= 15 is 0 Å². The van der Waals surface area contributed by atoms with Crippen molar-refractivity contribution >= 4 is 5.91 Å². The average molecular weight is 237 g/mol. The molecule has 0 saturated heterocycles. The van der Waals surface area contributed by atoms with E-state index in [4.69, 9.17) is 0 Å². The normalized spacial score (nSPS) is 10.4. The maximum absolute atomic E-state index is 13.8. The van der Waals surface area contributed by atoms with Gasteiger partial charge in [-0.3, -0.25) is 4.79 Å². The molecule has 0 heterocycles. The topological polar surface area (TPSA) is 20.3 Å². The van der Waals surface area contributed by atoms with Crippen molar-refractivity contribution in [3.63, 3.8) is 0 Å². The minimum absolute atomic E-state index is 0.170. The summed E-state index contributed by atoms with van der Waals surface area (Å²) in [5, 5.41) is 0. The van der Waals surface area contributed by atoms with E-state index in [0.29, 0.717) is 12.1 Å². The van der Waals surface area contributed by atoms with Gasteiger partial charge in [0.05, 0.1) is 5.56 Å². The highest BCUT2D eigenvalue weighted by Gasteiger charge is 2.16. The van der Waals surface area contributed by atoms with Crippen molar-refractivity contribution in [2.24, 2.45) is 0 Å². The van der Waals surface area contributed by atoms with Gasteiger partial charge in [0.1, 0.15) is 5.82 Å². The SMILES string of the molecule is CCCCCN(C)C(=O)c1cccc(C)c1F. The van der Waals surface area contributed by atoms with Crippen LogP contribution < -0.4 is 0 Å². The van der Waals surface area contributed by atoms with E-state index in [1.54, 1.807) is 37.1 Å². The Bertz CT molecular complexity index is 390. The van der Waals surface area contributed by atoms with E-state index < -0.39 is 5.82 Å². The smallest absolute Gasteiger partial charge is 0.256 e. The Balaban J connectivity index is 2.71. The zero-order chi connectivity index (χ0) is 12.8. The zero-order valence-corrected chi connectivity index (χ0v) is 10.8. The minimum atomic E-state index is -0.403. The number of benzene rings is 1. The molecule has 94 valence electrons. The molecule has 0 aliphatic rings. The van der Waals surface area contributed by atoms with E-state index in [1.165, 1.54) is 0 Å². The minimum Gasteiger partial charge on any atom is -0.342 e. The molecule has 1 aromatic carbocycles. The fourth-order valence-corrected chi connectivity index (χ4v) is 1.72. The Morgan fingerprint density at radius 3 is 2.71 bits per heavy atom. The first kappa shape index (κ1) is 13.7. The molecular formula is C14H20FNO. The van der Waals surface area contributed by atoms with Crippen LogP contribution in [0.5, 0.6) is 0 Å². The highest BCUT2D eigenvalue weighted by atomic mass is 19.1. The average Bonchev–Trinajstić information content (AvgIpc) is 2.32. The number of halogens is 1. The maximum Gasteiger partial charge on any atom is 0.256 e. The Labute approximate surface area is 102 Å². The van der Waals surface area contributed by atoms with Crippen LogP contribution in [0.15, 0.2) is 18.2 Å². The molecule has 1 rings (SSSR count). The molecule has 17 heavy (non-hydrogen) atoms. The Morgan fingerprint density at radius 2 is 2.06 bits per heavy atom. The second kappa shape index (κ2) is 6.38. The summed E-state index contributed by atoms with van der Waals surface area (Å²) in [6, 6.07) is 4.93. The molecule has 1 aromatic rings. The standard InChI is InChI=1S/C14H20FNO/c1-4-5-6-10-16(3)14(17)12-9-7-8-11(2)13(12)15/h7-9H,4-6,10H2,1-3H3. The molecule has 1 amide bonds. The van der Waals surface area contributed by atoms with Gasteiger partial charge in [-0.05, 0) is 25.0 Å². The highest BCUT2D eigenvalue weighted by molar-refractivity contribution is 5.94. The first-order chi connectivity index (χ1) is 8.07. The summed E-state index contributed by atoms with van der Waals surface area (Å²) >= 11 is 0. The molecule has 0 unspecified atom stereocenters. The quantitative estimate of drug-likeness (QED) is 0.719. The van der Waals surface area contributed by atoms with Crippen molar-refractivity contribution in [1.82, 2.24) is 4.90 Å². The van der Waals surface area contributed by atoms with Gasteiger partial charge in [-0.15, -0.1) is 0 Å². The third-order valence-electron chi connectivity index (χ3n) is 2.87. The lowest BCUT2D eigenvalue weighted by Gasteiger charge is -2.17. The predicted molar refractivity (Wildman–Crippen MR) is 67.6 cm³/mol. The van der Waals surface area contributed by atoms with Gasteiger partial charge >= 0.3 is 0 Å². The van der Waals surface area contributed by atoms with Gasteiger partial charge in [-0.2, -0.15) is 0 Å². The van der Waals surface area contributed by atoms with Crippen LogP contribution in [-0.2, 0) is 0 Å². The second-order valence-electron chi connectivity index (χ2n) is 4.37. The first-order valence-electron chi connectivity index (χ1n) is 6.08. The Hall–Kier alpha value is -1.38. The lowest BCUT2D eigenvalue weighted by Crippen LogP contribution is -2.28. The van der Waals surface area contributed by atoms with Gasteiger partial charge in [-0.1, -0.05) is 31.9 Å². The van der Waals surface area contributed by atoms with Crippen LogP contribution in [0.1, 0.15) is 42.1 Å². The van der Waals surface area contributed by atoms with Crippen molar-refractivity contribution in [3.05, 3.63) is 35.1 Å². The summed E-state index contributed by atoms with van der Waals surface area (Å²) in [5.74, 6) is -0.637. The molecule has 0 spiro atoms.